The van der Waals surface area contributed by atoms with Crippen LogP contribution in [-0.2, 0) is 0 Å². The molecule has 0 amide bonds. The molecule has 0 radical (unpaired) electrons. The molecule has 0 fully saturated rings. The van der Waals surface area contributed by atoms with Crippen molar-refractivity contribution in [2.45, 2.75) is 20.8 Å². The van der Waals surface area contributed by atoms with E-state index in [-0.39, 0.29) is 5.69 Å². The molecular formula is C15H14N4O2. The van der Waals surface area contributed by atoms with Gasteiger partial charge in [-0.3, -0.25) is 0 Å². The molecule has 21 heavy (non-hydrogen) atoms. The number of hydrogen-bond acceptors (Lipinski definition) is 4. The van der Waals surface area contributed by atoms with Crippen molar-refractivity contribution >= 4 is 11.7 Å². The van der Waals surface area contributed by atoms with Gasteiger partial charge < -0.3 is 5.11 Å². The highest BCUT2D eigenvalue weighted by Gasteiger charge is 2.16. The maximum Gasteiger partial charge on any atom is 0.354 e. The Bertz CT molecular complexity index is 867. The Morgan fingerprint density at radius 2 is 1.90 bits per heavy atom. The first-order valence-electron chi connectivity index (χ1n) is 6.51. The zero-order valence-corrected chi connectivity index (χ0v) is 12.0. The van der Waals surface area contributed by atoms with E-state index in [4.69, 9.17) is 0 Å². The SMILES string of the molecule is Cc1ccc(-c2cc(C(=O)O)n3nc(C)nc3n2)c(C)c1. The fourth-order valence-electron chi connectivity index (χ4n) is 2.36. The second-order valence-electron chi connectivity index (χ2n) is 5.02. The van der Waals surface area contributed by atoms with E-state index in [0.717, 1.165) is 16.7 Å². The van der Waals surface area contributed by atoms with Gasteiger partial charge in [-0.05, 0) is 32.4 Å². The number of carboxylic acid groups (broad SMARTS) is 1. The van der Waals surface area contributed by atoms with Crippen LogP contribution in [0.3, 0.4) is 0 Å². The van der Waals surface area contributed by atoms with Crippen LogP contribution in [0, 0.1) is 20.8 Å². The lowest BCUT2D eigenvalue weighted by Gasteiger charge is -2.08. The van der Waals surface area contributed by atoms with Gasteiger partial charge in [0.2, 0.25) is 0 Å². The first kappa shape index (κ1) is 13.2. The summed E-state index contributed by atoms with van der Waals surface area (Å²) in [6, 6.07) is 7.49. The highest BCUT2D eigenvalue weighted by Crippen LogP contribution is 2.24. The number of benzene rings is 1. The smallest absolute Gasteiger partial charge is 0.354 e. The Morgan fingerprint density at radius 3 is 2.57 bits per heavy atom. The number of aromatic nitrogens is 4. The average Bonchev–Trinajstić information content (AvgIpc) is 2.77. The third-order valence-corrected chi connectivity index (χ3v) is 3.30. The maximum absolute atomic E-state index is 11.4. The van der Waals surface area contributed by atoms with Crippen LogP contribution in [0.15, 0.2) is 24.3 Å². The molecule has 2 aromatic heterocycles. The molecule has 1 aromatic carbocycles. The highest BCUT2D eigenvalue weighted by molar-refractivity contribution is 5.88. The van der Waals surface area contributed by atoms with E-state index < -0.39 is 5.97 Å². The van der Waals surface area contributed by atoms with Crippen LogP contribution in [0.5, 0.6) is 0 Å². The van der Waals surface area contributed by atoms with E-state index in [0.29, 0.717) is 17.3 Å². The monoisotopic (exact) mass is 282 g/mol. The molecule has 106 valence electrons. The van der Waals surface area contributed by atoms with Crippen LogP contribution in [-0.4, -0.2) is 30.7 Å². The molecule has 0 unspecified atom stereocenters. The van der Waals surface area contributed by atoms with E-state index in [9.17, 15) is 9.90 Å². The third-order valence-electron chi connectivity index (χ3n) is 3.30. The molecule has 0 saturated heterocycles. The van der Waals surface area contributed by atoms with Gasteiger partial charge in [0.15, 0.2) is 5.69 Å². The Kier molecular flexibility index (Phi) is 2.94. The van der Waals surface area contributed by atoms with Crippen molar-refractivity contribution in [1.82, 2.24) is 19.6 Å². The Morgan fingerprint density at radius 1 is 1.14 bits per heavy atom. The van der Waals surface area contributed by atoms with Gasteiger partial charge in [-0.25, -0.2) is 9.78 Å². The standard InChI is InChI=1S/C15H14N4O2/c1-8-4-5-11(9(2)6-8)12-7-13(14(20)21)19-15(17-12)16-10(3)18-19/h4-7H,1-3H3,(H,20,21). The normalized spacial score (nSPS) is 11.0. The number of aromatic carboxylic acids is 1. The molecule has 0 aliphatic rings. The van der Waals surface area contributed by atoms with Gasteiger partial charge in [-0.15, -0.1) is 5.10 Å². The second-order valence-corrected chi connectivity index (χ2v) is 5.02. The highest BCUT2D eigenvalue weighted by atomic mass is 16.4. The van der Waals surface area contributed by atoms with Gasteiger partial charge in [0.25, 0.3) is 5.78 Å². The number of carboxylic acids is 1. The lowest BCUT2D eigenvalue weighted by molar-refractivity contribution is 0.0687. The van der Waals surface area contributed by atoms with E-state index in [1.807, 2.05) is 32.0 Å². The molecular weight excluding hydrogens is 268 g/mol. The van der Waals surface area contributed by atoms with E-state index >= 15 is 0 Å². The minimum atomic E-state index is -1.06. The van der Waals surface area contributed by atoms with Crippen LogP contribution < -0.4 is 0 Å². The summed E-state index contributed by atoms with van der Waals surface area (Å²) in [6.07, 6.45) is 0. The van der Waals surface area contributed by atoms with E-state index in [1.165, 1.54) is 10.6 Å². The minimum absolute atomic E-state index is 0.0515. The molecule has 2 heterocycles. The summed E-state index contributed by atoms with van der Waals surface area (Å²) >= 11 is 0. The van der Waals surface area contributed by atoms with Crippen molar-refractivity contribution in [2.75, 3.05) is 0 Å². The summed E-state index contributed by atoms with van der Waals surface area (Å²) in [5, 5.41) is 13.4. The van der Waals surface area contributed by atoms with Crippen LogP contribution in [0.1, 0.15) is 27.4 Å². The third kappa shape index (κ3) is 2.24. The minimum Gasteiger partial charge on any atom is -0.477 e. The number of carbonyl (C=O) groups is 1. The predicted octanol–water partition coefficient (Wildman–Crippen LogP) is 2.41. The molecule has 3 rings (SSSR count). The van der Waals surface area contributed by atoms with E-state index in [1.54, 1.807) is 6.92 Å². The van der Waals surface area contributed by atoms with Gasteiger partial charge >= 0.3 is 5.97 Å². The molecule has 6 nitrogen and oxygen atoms in total. The molecule has 0 aliphatic carbocycles. The molecule has 0 saturated carbocycles. The zero-order chi connectivity index (χ0) is 15.1. The Balaban J connectivity index is 2.30. The van der Waals surface area contributed by atoms with Gasteiger partial charge in [-0.1, -0.05) is 23.8 Å². The second kappa shape index (κ2) is 4.66. The van der Waals surface area contributed by atoms with Gasteiger partial charge in [0, 0.05) is 5.56 Å². The fourth-order valence-corrected chi connectivity index (χ4v) is 2.36. The van der Waals surface area contributed by atoms with Crippen LogP contribution in [0.25, 0.3) is 17.0 Å². The van der Waals surface area contributed by atoms with Crippen molar-refractivity contribution in [3.8, 4) is 11.3 Å². The summed E-state index contributed by atoms with van der Waals surface area (Å²) in [7, 11) is 0. The maximum atomic E-state index is 11.4. The van der Waals surface area contributed by atoms with Crippen molar-refractivity contribution in [2.24, 2.45) is 0 Å². The Labute approximate surface area is 121 Å². The summed E-state index contributed by atoms with van der Waals surface area (Å²) in [5.74, 6) is -0.275. The van der Waals surface area contributed by atoms with Gasteiger partial charge in [0.05, 0.1) is 5.69 Å². The molecule has 0 aliphatic heterocycles. The Hall–Kier alpha value is -2.76. The molecule has 1 N–H and O–H groups in total. The van der Waals surface area contributed by atoms with Gasteiger partial charge in [-0.2, -0.15) is 9.50 Å². The molecule has 0 bridgehead atoms. The van der Waals surface area contributed by atoms with Crippen molar-refractivity contribution in [1.29, 1.82) is 0 Å². The predicted molar refractivity (Wildman–Crippen MR) is 77.4 cm³/mol. The van der Waals surface area contributed by atoms with Gasteiger partial charge in [0.1, 0.15) is 5.82 Å². The summed E-state index contributed by atoms with van der Waals surface area (Å²) in [6.45, 7) is 5.69. The quantitative estimate of drug-likeness (QED) is 0.780. The molecule has 0 spiro atoms. The number of aryl methyl sites for hydroxylation is 3. The van der Waals surface area contributed by atoms with Crippen molar-refractivity contribution in [3.63, 3.8) is 0 Å². The number of hydrogen-bond donors (Lipinski definition) is 1. The number of nitrogens with zero attached hydrogens (tertiary/aromatic N) is 4. The summed E-state index contributed by atoms with van der Waals surface area (Å²) < 4.78 is 1.25. The average molecular weight is 282 g/mol. The lowest BCUT2D eigenvalue weighted by Crippen LogP contribution is -2.08. The molecule has 6 heteroatoms. The largest absolute Gasteiger partial charge is 0.477 e. The lowest BCUT2D eigenvalue weighted by atomic mass is 10.0. The van der Waals surface area contributed by atoms with Crippen LogP contribution in [0.4, 0.5) is 0 Å². The first-order valence-corrected chi connectivity index (χ1v) is 6.51. The van der Waals surface area contributed by atoms with E-state index in [2.05, 4.69) is 15.1 Å². The van der Waals surface area contributed by atoms with Crippen molar-refractivity contribution in [3.05, 3.63) is 46.9 Å². The molecule has 0 atom stereocenters. The number of fused-ring (bicyclic) bond motifs is 1. The number of rotatable bonds is 2. The fraction of sp³-hybridized carbons (Fsp3) is 0.200. The van der Waals surface area contributed by atoms with Crippen LogP contribution >= 0.6 is 0 Å². The summed E-state index contributed by atoms with van der Waals surface area (Å²) in [5.41, 5.74) is 3.72. The molecule has 3 aromatic rings. The first-order chi connectivity index (χ1) is 9.95. The zero-order valence-electron chi connectivity index (χ0n) is 12.0. The topological polar surface area (TPSA) is 80.4 Å². The van der Waals surface area contributed by atoms with Crippen LogP contribution in [0.2, 0.25) is 0 Å². The summed E-state index contributed by atoms with van der Waals surface area (Å²) in [4.78, 5) is 20.0. The van der Waals surface area contributed by atoms with Crippen molar-refractivity contribution < 1.29 is 9.90 Å².